The Labute approximate surface area is 203 Å². The second-order valence-electron chi connectivity index (χ2n) is 10.6. The summed E-state index contributed by atoms with van der Waals surface area (Å²) in [7, 11) is 1.66. The molecule has 1 amide bonds. The number of likely N-dealkylation sites (tertiary alicyclic amines) is 1. The quantitative estimate of drug-likeness (QED) is 0.597. The Morgan fingerprint density at radius 3 is 2.62 bits per heavy atom. The third kappa shape index (κ3) is 5.28. The molecule has 2 fully saturated rings. The molecule has 0 bridgehead atoms. The summed E-state index contributed by atoms with van der Waals surface area (Å²) in [5.41, 5.74) is 2.54. The summed E-state index contributed by atoms with van der Waals surface area (Å²) in [6.45, 7) is 10.5. The first-order valence-electron chi connectivity index (χ1n) is 12.4. The Bertz CT molecular complexity index is 978. The molecule has 0 saturated carbocycles. The number of carbonyl (C=O) groups is 1. The highest BCUT2D eigenvalue weighted by Gasteiger charge is 2.45. The molecule has 1 aromatic heterocycles. The lowest BCUT2D eigenvalue weighted by atomic mass is 9.80. The molecule has 4 rings (SSSR count). The van der Waals surface area contributed by atoms with Crippen LogP contribution in [0.15, 0.2) is 42.7 Å². The minimum Gasteiger partial charge on any atom is -0.496 e. The second kappa shape index (κ2) is 10.0. The Morgan fingerprint density at radius 2 is 2.00 bits per heavy atom. The lowest BCUT2D eigenvalue weighted by Gasteiger charge is -2.48. The number of carbonyl (C=O) groups excluding carboxylic acids is 1. The Balaban J connectivity index is 1.47. The van der Waals surface area contributed by atoms with E-state index in [1.54, 1.807) is 13.3 Å². The van der Waals surface area contributed by atoms with Crippen molar-refractivity contribution in [2.24, 2.45) is 0 Å². The van der Waals surface area contributed by atoms with Crippen molar-refractivity contribution in [3.63, 3.8) is 0 Å². The topological polar surface area (TPSA) is 60.9 Å². The third-order valence-corrected chi connectivity index (χ3v) is 7.15. The third-order valence-electron chi connectivity index (χ3n) is 7.15. The standard InChI is InChI=1S/C28H38N2O4/c1-6-33-22-17-24(21-8-7-13-29-19-21)34-28(18-22)11-14-30(15-12-28)26(31)20-9-10-23(27(2,3)4)25(16-20)32-5/h7-10,13,16,19,22,24H,6,11-12,14-15,17-18H2,1-5H3. The maximum Gasteiger partial charge on any atom is 0.253 e. The Morgan fingerprint density at radius 1 is 1.24 bits per heavy atom. The molecule has 3 heterocycles. The molecular weight excluding hydrogens is 428 g/mol. The molecule has 2 saturated heterocycles. The first kappa shape index (κ1) is 24.7. The van der Waals surface area contributed by atoms with Crippen molar-refractivity contribution in [2.75, 3.05) is 26.8 Å². The molecule has 2 unspecified atom stereocenters. The van der Waals surface area contributed by atoms with Crippen molar-refractivity contribution in [3.05, 3.63) is 59.4 Å². The maximum atomic E-state index is 13.3. The fourth-order valence-electron chi connectivity index (χ4n) is 5.33. The van der Waals surface area contributed by atoms with Gasteiger partial charge in [-0.15, -0.1) is 0 Å². The van der Waals surface area contributed by atoms with Crippen LogP contribution in [0.3, 0.4) is 0 Å². The average Bonchev–Trinajstić information content (AvgIpc) is 2.83. The molecule has 2 atom stereocenters. The number of aromatic nitrogens is 1. The summed E-state index contributed by atoms with van der Waals surface area (Å²) < 4.78 is 18.4. The predicted molar refractivity (Wildman–Crippen MR) is 132 cm³/mol. The molecule has 1 aromatic carbocycles. The molecule has 2 aliphatic rings. The van der Waals surface area contributed by atoms with Crippen molar-refractivity contribution in [1.82, 2.24) is 9.88 Å². The summed E-state index contributed by atoms with van der Waals surface area (Å²) in [5, 5.41) is 0. The van der Waals surface area contributed by atoms with Gasteiger partial charge >= 0.3 is 0 Å². The first-order chi connectivity index (χ1) is 16.2. The van der Waals surface area contributed by atoms with Gasteiger partial charge in [0, 0.05) is 50.5 Å². The fraction of sp³-hybridized carbons (Fsp3) is 0.571. The van der Waals surface area contributed by atoms with Gasteiger partial charge in [0.1, 0.15) is 5.75 Å². The van der Waals surface area contributed by atoms with Gasteiger partial charge in [0.05, 0.1) is 24.9 Å². The van der Waals surface area contributed by atoms with Crippen molar-refractivity contribution < 1.29 is 19.0 Å². The van der Waals surface area contributed by atoms with E-state index in [0.717, 1.165) is 42.6 Å². The van der Waals surface area contributed by atoms with E-state index in [-0.39, 0.29) is 29.1 Å². The number of methoxy groups -OCH3 is 1. The molecule has 6 nitrogen and oxygen atoms in total. The van der Waals surface area contributed by atoms with E-state index in [9.17, 15) is 4.79 Å². The number of amides is 1. The molecule has 0 radical (unpaired) electrons. The van der Waals surface area contributed by atoms with Gasteiger partial charge < -0.3 is 19.1 Å². The summed E-state index contributed by atoms with van der Waals surface area (Å²) in [5.74, 6) is 0.816. The normalized spacial score (nSPS) is 22.6. The smallest absolute Gasteiger partial charge is 0.253 e. The van der Waals surface area contributed by atoms with Gasteiger partial charge in [0.25, 0.3) is 5.91 Å². The number of piperidine rings is 1. The lowest BCUT2D eigenvalue weighted by Crippen LogP contribution is -2.52. The molecule has 0 aliphatic carbocycles. The molecule has 2 aliphatic heterocycles. The fourth-order valence-corrected chi connectivity index (χ4v) is 5.33. The molecule has 1 spiro atoms. The van der Waals surface area contributed by atoms with Gasteiger partial charge in [-0.3, -0.25) is 9.78 Å². The van der Waals surface area contributed by atoms with Crippen LogP contribution in [-0.4, -0.2) is 54.3 Å². The van der Waals surface area contributed by atoms with E-state index in [1.165, 1.54) is 0 Å². The van der Waals surface area contributed by atoms with Gasteiger partial charge in [-0.25, -0.2) is 0 Å². The molecule has 0 N–H and O–H groups in total. The number of ether oxygens (including phenoxy) is 3. The molecule has 2 aromatic rings. The van der Waals surface area contributed by atoms with Crippen LogP contribution in [0.5, 0.6) is 5.75 Å². The lowest BCUT2D eigenvalue weighted by molar-refractivity contribution is -0.190. The number of rotatable bonds is 5. The van der Waals surface area contributed by atoms with Crippen LogP contribution in [0.4, 0.5) is 0 Å². The van der Waals surface area contributed by atoms with Crippen LogP contribution < -0.4 is 4.74 Å². The average molecular weight is 467 g/mol. The number of nitrogens with zero attached hydrogens (tertiary/aromatic N) is 2. The molecule has 184 valence electrons. The zero-order chi connectivity index (χ0) is 24.3. The zero-order valence-corrected chi connectivity index (χ0v) is 21.2. The van der Waals surface area contributed by atoms with Crippen LogP contribution in [0.2, 0.25) is 0 Å². The highest BCUT2D eigenvalue weighted by molar-refractivity contribution is 5.95. The van der Waals surface area contributed by atoms with E-state index < -0.39 is 0 Å². The van der Waals surface area contributed by atoms with Crippen molar-refractivity contribution in [3.8, 4) is 5.75 Å². The largest absolute Gasteiger partial charge is 0.496 e. The number of pyridine rings is 1. The van der Waals surface area contributed by atoms with Crippen LogP contribution in [-0.2, 0) is 14.9 Å². The van der Waals surface area contributed by atoms with Crippen LogP contribution in [0, 0.1) is 0 Å². The van der Waals surface area contributed by atoms with Gasteiger partial charge in [0.2, 0.25) is 0 Å². The SMILES string of the molecule is CCOC1CC(c2cccnc2)OC2(CCN(C(=O)c3ccc(C(C)(C)C)c(OC)c3)CC2)C1. The minimum absolute atomic E-state index is 0.0320. The monoisotopic (exact) mass is 466 g/mol. The summed E-state index contributed by atoms with van der Waals surface area (Å²) in [6, 6.07) is 9.86. The summed E-state index contributed by atoms with van der Waals surface area (Å²) in [6.07, 6.45) is 7.11. The van der Waals surface area contributed by atoms with Gasteiger partial charge in [-0.2, -0.15) is 0 Å². The van der Waals surface area contributed by atoms with E-state index in [1.807, 2.05) is 42.3 Å². The van der Waals surface area contributed by atoms with Crippen LogP contribution >= 0.6 is 0 Å². The highest BCUT2D eigenvalue weighted by Crippen LogP contribution is 2.44. The Hall–Kier alpha value is -2.44. The van der Waals surface area contributed by atoms with Gasteiger partial charge in [-0.1, -0.05) is 32.9 Å². The molecular formula is C28H38N2O4. The Kier molecular flexibility index (Phi) is 7.29. The van der Waals surface area contributed by atoms with Crippen LogP contribution in [0.25, 0.3) is 0 Å². The van der Waals surface area contributed by atoms with Gasteiger partial charge in [0.15, 0.2) is 0 Å². The number of hydrogen-bond acceptors (Lipinski definition) is 5. The van der Waals surface area contributed by atoms with E-state index in [4.69, 9.17) is 14.2 Å². The van der Waals surface area contributed by atoms with E-state index in [0.29, 0.717) is 25.3 Å². The van der Waals surface area contributed by atoms with E-state index in [2.05, 4.69) is 31.8 Å². The second-order valence-corrected chi connectivity index (χ2v) is 10.6. The van der Waals surface area contributed by atoms with Crippen molar-refractivity contribution >= 4 is 5.91 Å². The summed E-state index contributed by atoms with van der Waals surface area (Å²) in [4.78, 5) is 19.6. The van der Waals surface area contributed by atoms with Crippen LogP contribution in [0.1, 0.15) is 81.0 Å². The first-order valence-corrected chi connectivity index (χ1v) is 12.4. The summed E-state index contributed by atoms with van der Waals surface area (Å²) >= 11 is 0. The maximum absolute atomic E-state index is 13.3. The number of benzene rings is 1. The van der Waals surface area contributed by atoms with E-state index >= 15 is 0 Å². The highest BCUT2D eigenvalue weighted by atomic mass is 16.5. The zero-order valence-electron chi connectivity index (χ0n) is 21.2. The van der Waals surface area contributed by atoms with Gasteiger partial charge in [-0.05, 0) is 54.5 Å². The minimum atomic E-state index is -0.275. The van der Waals surface area contributed by atoms with Crippen molar-refractivity contribution in [1.29, 1.82) is 0 Å². The molecule has 34 heavy (non-hydrogen) atoms. The number of hydrogen-bond donors (Lipinski definition) is 0. The van der Waals surface area contributed by atoms with Crippen molar-refractivity contribution in [2.45, 2.75) is 76.6 Å². The molecule has 6 heteroatoms. The predicted octanol–water partition coefficient (Wildman–Crippen LogP) is 5.32.